The van der Waals surface area contributed by atoms with Crippen LogP contribution in [0, 0.1) is 20.8 Å². The van der Waals surface area contributed by atoms with Gasteiger partial charge in [-0.15, -0.1) is 0 Å². The number of aryl methyl sites for hydroxylation is 3. The number of nitrogens with two attached hydrogens (primary N) is 1. The lowest BCUT2D eigenvalue weighted by Crippen LogP contribution is -2.30. The molecule has 3 N–H and O–H groups in total. The first-order valence-electron chi connectivity index (χ1n) is 8.26. The van der Waals surface area contributed by atoms with Crippen LogP contribution in [-0.2, 0) is 21.2 Å². The summed E-state index contributed by atoms with van der Waals surface area (Å²) in [5.41, 5.74) is 4.07. The van der Waals surface area contributed by atoms with Gasteiger partial charge in [0.25, 0.3) is 5.91 Å². The molecule has 26 heavy (non-hydrogen) atoms. The summed E-state index contributed by atoms with van der Waals surface area (Å²) >= 11 is 0. The van der Waals surface area contributed by atoms with E-state index in [2.05, 4.69) is 5.32 Å². The van der Waals surface area contributed by atoms with E-state index in [0.717, 1.165) is 28.0 Å². The molecule has 0 radical (unpaired) electrons. The Bertz CT molecular complexity index is 867. The van der Waals surface area contributed by atoms with E-state index < -0.39 is 10.0 Å². The van der Waals surface area contributed by atoms with E-state index >= 15 is 0 Å². The molecule has 2 aromatic rings. The van der Waals surface area contributed by atoms with Gasteiger partial charge in [-0.25, -0.2) is 13.6 Å². The molecule has 0 fully saturated rings. The minimum absolute atomic E-state index is 0.0465. The maximum Gasteiger partial charge on any atom is 0.257 e. The molecule has 0 heterocycles. The lowest BCUT2D eigenvalue weighted by molar-refractivity contribution is -0.123. The zero-order valence-electron chi connectivity index (χ0n) is 15.2. The number of carbonyl (C=O) groups is 1. The van der Waals surface area contributed by atoms with Gasteiger partial charge in [-0.1, -0.05) is 29.8 Å². The fraction of sp³-hybridized carbons (Fsp3) is 0.316. The first-order chi connectivity index (χ1) is 12.2. The van der Waals surface area contributed by atoms with Gasteiger partial charge in [0.05, 0.1) is 4.90 Å². The molecule has 0 aliphatic rings. The molecule has 0 aromatic heterocycles. The molecule has 0 aliphatic carbocycles. The first kappa shape index (κ1) is 19.9. The normalized spacial score (nSPS) is 11.2. The van der Waals surface area contributed by atoms with Gasteiger partial charge in [-0.2, -0.15) is 0 Å². The van der Waals surface area contributed by atoms with Gasteiger partial charge in [0.1, 0.15) is 5.75 Å². The molecule has 2 aromatic carbocycles. The third kappa shape index (κ3) is 5.57. The fourth-order valence-corrected chi connectivity index (χ4v) is 3.29. The van der Waals surface area contributed by atoms with Gasteiger partial charge in [0.15, 0.2) is 6.61 Å². The van der Waals surface area contributed by atoms with Crippen LogP contribution in [0.1, 0.15) is 22.3 Å². The molecule has 0 spiro atoms. The lowest BCUT2D eigenvalue weighted by atomic mass is 10.1. The number of ether oxygens (including phenoxy) is 1. The Labute approximate surface area is 154 Å². The molecule has 0 atom stereocenters. The van der Waals surface area contributed by atoms with Crippen molar-refractivity contribution in [2.45, 2.75) is 32.1 Å². The van der Waals surface area contributed by atoms with Crippen LogP contribution in [0.5, 0.6) is 5.75 Å². The van der Waals surface area contributed by atoms with Crippen LogP contribution in [0.25, 0.3) is 0 Å². The Morgan fingerprint density at radius 3 is 2.19 bits per heavy atom. The van der Waals surface area contributed by atoms with Crippen LogP contribution < -0.4 is 15.2 Å². The molecule has 6 nitrogen and oxygen atoms in total. The summed E-state index contributed by atoms with van der Waals surface area (Å²) in [5, 5.41) is 7.85. The van der Waals surface area contributed by atoms with Crippen LogP contribution in [0.4, 0.5) is 0 Å². The Kier molecular flexibility index (Phi) is 6.39. The van der Waals surface area contributed by atoms with Crippen molar-refractivity contribution in [1.82, 2.24) is 5.32 Å². The van der Waals surface area contributed by atoms with Crippen molar-refractivity contribution in [3.63, 3.8) is 0 Å². The molecular weight excluding hydrogens is 352 g/mol. The van der Waals surface area contributed by atoms with E-state index in [1.54, 1.807) is 12.1 Å². The molecule has 0 saturated heterocycles. The molecule has 0 unspecified atom stereocenters. The predicted octanol–water partition coefficient (Wildman–Crippen LogP) is 2.00. The number of hydrogen-bond acceptors (Lipinski definition) is 4. The van der Waals surface area contributed by atoms with Crippen LogP contribution >= 0.6 is 0 Å². The summed E-state index contributed by atoms with van der Waals surface area (Å²) in [5.74, 6) is 0.537. The van der Waals surface area contributed by atoms with Gasteiger partial charge in [0, 0.05) is 6.54 Å². The van der Waals surface area contributed by atoms with Crippen molar-refractivity contribution in [3.05, 3.63) is 58.7 Å². The highest BCUT2D eigenvalue weighted by Crippen LogP contribution is 2.24. The van der Waals surface area contributed by atoms with Crippen molar-refractivity contribution < 1.29 is 17.9 Å². The molecular formula is C19H24N2O4S. The molecule has 2 rings (SSSR count). The second-order valence-electron chi connectivity index (χ2n) is 6.31. The van der Waals surface area contributed by atoms with Crippen LogP contribution in [-0.4, -0.2) is 27.5 Å². The zero-order valence-corrected chi connectivity index (χ0v) is 16.0. The number of amides is 1. The van der Waals surface area contributed by atoms with Crippen molar-refractivity contribution in [1.29, 1.82) is 0 Å². The lowest BCUT2D eigenvalue weighted by Gasteiger charge is -2.13. The minimum Gasteiger partial charge on any atom is -0.483 e. The third-order valence-electron chi connectivity index (χ3n) is 3.94. The largest absolute Gasteiger partial charge is 0.483 e. The Balaban J connectivity index is 1.81. The highest BCUT2D eigenvalue weighted by atomic mass is 32.2. The summed E-state index contributed by atoms with van der Waals surface area (Å²) in [6.45, 7) is 6.32. The maximum absolute atomic E-state index is 11.9. The smallest absolute Gasteiger partial charge is 0.257 e. The second kappa shape index (κ2) is 8.33. The molecule has 140 valence electrons. The van der Waals surface area contributed by atoms with E-state index in [1.807, 2.05) is 32.9 Å². The van der Waals surface area contributed by atoms with E-state index in [9.17, 15) is 13.2 Å². The van der Waals surface area contributed by atoms with E-state index in [-0.39, 0.29) is 17.4 Å². The summed E-state index contributed by atoms with van der Waals surface area (Å²) in [6, 6.07) is 10.3. The zero-order chi connectivity index (χ0) is 19.3. The van der Waals surface area contributed by atoms with E-state index in [0.29, 0.717) is 13.0 Å². The molecule has 0 aliphatic heterocycles. The summed E-state index contributed by atoms with van der Waals surface area (Å²) in [7, 11) is -3.68. The van der Waals surface area contributed by atoms with E-state index in [4.69, 9.17) is 9.88 Å². The van der Waals surface area contributed by atoms with Crippen LogP contribution in [0.3, 0.4) is 0 Å². The van der Waals surface area contributed by atoms with Gasteiger partial charge in [-0.05, 0) is 56.0 Å². The van der Waals surface area contributed by atoms with Gasteiger partial charge >= 0.3 is 0 Å². The summed E-state index contributed by atoms with van der Waals surface area (Å²) in [6.07, 6.45) is 0.583. The molecule has 7 heteroatoms. The predicted molar refractivity (Wildman–Crippen MR) is 101 cm³/mol. The number of primary sulfonamides is 1. The Morgan fingerprint density at radius 2 is 1.65 bits per heavy atom. The first-order valence-corrected chi connectivity index (χ1v) is 9.80. The van der Waals surface area contributed by atoms with Crippen molar-refractivity contribution in [3.8, 4) is 5.75 Å². The van der Waals surface area contributed by atoms with Crippen molar-refractivity contribution >= 4 is 15.9 Å². The van der Waals surface area contributed by atoms with Crippen LogP contribution in [0.2, 0.25) is 0 Å². The average Bonchev–Trinajstić information content (AvgIpc) is 2.53. The van der Waals surface area contributed by atoms with Gasteiger partial charge in [0.2, 0.25) is 10.0 Å². The summed E-state index contributed by atoms with van der Waals surface area (Å²) < 4.78 is 28.1. The number of sulfonamides is 1. The Hall–Kier alpha value is -2.38. The summed E-state index contributed by atoms with van der Waals surface area (Å²) in [4.78, 5) is 12.0. The number of benzene rings is 2. The maximum atomic E-state index is 11.9. The molecule has 0 saturated carbocycles. The monoisotopic (exact) mass is 376 g/mol. The Morgan fingerprint density at radius 1 is 1.08 bits per heavy atom. The number of hydrogen-bond donors (Lipinski definition) is 2. The quantitative estimate of drug-likeness (QED) is 0.772. The highest BCUT2D eigenvalue weighted by Gasteiger charge is 2.09. The fourth-order valence-electron chi connectivity index (χ4n) is 2.78. The standard InChI is InChI=1S/C19H24N2O4S/c1-13-10-14(2)19(15(3)11-13)25-12-18(22)21-9-8-16-4-6-17(7-5-16)26(20,23)24/h4-7,10-11H,8-9,12H2,1-3H3,(H,21,22)(H2,20,23,24). The number of nitrogens with one attached hydrogen (secondary N) is 1. The van der Waals surface area contributed by atoms with Gasteiger partial charge in [-0.3, -0.25) is 4.79 Å². The number of carbonyl (C=O) groups excluding carboxylic acids is 1. The van der Waals surface area contributed by atoms with Crippen molar-refractivity contribution in [2.24, 2.45) is 5.14 Å². The minimum atomic E-state index is -3.68. The SMILES string of the molecule is Cc1cc(C)c(OCC(=O)NCCc2ccc(S(N)(=O)=O)cc2)c(C)c1. The van der Waals surface area contributed by atoms with Crippen LogP contribution in [0.15, 0.2) is 41.3 Å². The topological polar surface area (TPSA) is 98.5 Å². The van der Waals surface area contributed by atoms with Crippen molar-refractivity contribution in [2.75, 3.05) is 13.2 Å². The molecule has 0 bridgehead atoms. The van der Waals surface area contributed by atoms with E-state index in [1.165, 1.54) is 12.1 Å². The molecule has 1 amide bonds. The number of rotatable bonds is 7. The van der Waals surface area contributed by atoms with Gasteiger partial charge < -0.3 is 10.1 Å². The second-order valence-corrected chi connectivity index (χ2v) is 7.87. The highest BCUT2D eigenvalue weighted by molar-refractivity contribution is 7.89. The third-order valence-corrected chi connectivity index (χ3v) is 4.87. The average molecular weight is 376 g/mol.